The van der Waals surface area contributed by atoms with Gasteiger partial charge in [-0.3, -0.25) is 9.59 Å². The van der Waals surface area contributed by atoms with Crippen LogP contribution in [-0.2, 0) is 4.79 Å². The molecule has 0 atom stereocenters. The number of halogens is 1. The average molecular weight is 332 g/mol. The first-order valence-corrected chi connectivity index (χ1v) is 7.81. The molecular weight excluding hydrogens is 315 g/mol. The van der Waals surface area contributed by atoms with E-state index in [-0.39, 0.29) is 62.3 Å². The van der Waals surface area contributed by atoms with Gasteiger partial charge in [-0.05, 0) is 37.3 Å². The van der Waals surface area contributed by atoms with Crippen molar-refractivity contribution in [2.24, 2.45) is 5.41 Å². The molecule has 0 unspecified atom stereocenters. The molecule has 4 fully saturated rings. The van der Waals surface area contributed by atoms with E-state index >= 15 is 0 Å². The molecule has 1 saturated heterocycles. The van der Waals surface area contributed by atoms with Crippen molar-refractivity contribution in [3.8, 4) is 12.3 Å². The Bertz CT molecular complexity index is 752. The maximum atomic E-state index is 13.6. The highest BCUT2D eigenvalue weighted by atomic mass is 19.1. The summed E-state index contributed by atoms with van der Waals surface area (Å²) in [6, 6.07) is 3.03. The quantitative estimate of drug-likeness (QED) is 0.785. The minimum absolute atomic E-state index is 0.125. The van der Waals surface area contributed by atoms with E-state index in [2.05, 4.69) is 11.2 Å². The Hall–Kier alpha value is -2.33. The van der Waals surface area contributed by atoms with Crippen LogP contribution in [0.4, 0.5) is 4.39 Å². The second-order valence-corrected chi connectivity index (χ2v) is 7.32. The zero-order valence-electron chi connectivity index (χ0n) is 13.0. The molecule has 3 aliphatic carbocycles. The number of terminal acetylenes is 1. The molecule has 6 nitrogen and oxygen atoms in total. The highest BCUT2D eigenvalue weighted by Gasteiger charge is 2.73. The van der Waals surface area contributed by atoms with E-state index < -0.39 is 16.6 Å². The Morgan fingerprint density at radius 2 is 2.04 bits per heavy atom. The number of furan rings is 1. The number of hydrogen-bond acceptors (Lipinski definition) is 4. The summed E-state index contributed by atoms with van der Waals surface area (Å²) in [6.45, 7) is 0.0706. The third kappa shape index (κ3) is 1.99. The van der Waals surface area contributed by atoms with Gasteiger partial charge in [0.05, 0.1) is 17.6 Å². The molecule has 7 heteroatoms. The Labute approximate surface area is 138 Å². The third-order valence-corrected chi connectivity index (χ3v) is 5.36. The zero-order chi connectivity index (χ0) is 17.2. The summed E-state index contributed by atoms with van der Waals surface area (Å²) in [6.07, 6.45) is 5.99. The van der Waals surface area contributed by atoms with E-state index in [1.165, 1.54) is 17.0 Å². The molecule has 3 saturated carbocycles. The highest BCUT2D eigenvalue weighted by molar-refractivity contribution is 5.93. The molecule has 5 rings (SSSR count). The third-order valence-electron chi connectivity index (χ3n) is 5.36. The van der Waals surface area contributed by atoms with Gasteiger partial charge in [-0.2, -0.15) is 0 Å². The number of amides is 2. The van der Waals surface area contributed by atoms with Crippen LogP contribution in [0.3, 0.4) is 0 Å². The van der Waals surface area contributed by atoms with Crippen LogP contribution in [0, 0.1) is 17.8 Å². The number of alkyl halides is 1. The molecule has 4 aliphatic rings. The van der Waals surface area contributed by atoms with E-state index in [1.54, 1.807) is 0 Å². The molecule has 1 aromatic rings. The fourth-order valence-corrected chi connectivity index (χ4v) is 4.01. The lowest BCUT2D eigenvalue weighted by atomic mass is 9.42. The smallest absolute Gasteiger partial charge is 0.289 e. The highest BCUT2D eigenvalue weighted by Crippen LogP contribution is 2.69. The lowest BCUT2D eigenvalue weighted by molar-refractivity contribution is -0.216. The number of nitrogens with one attached hydrogen (secondary N) is 1. The van der Waals surface area contributed by atoms with Gasteiger partial charge in [0.15, 0.2) is 11.5 Å². The van der Waals surface area contributed by atoms with Gasteiger partial charge in [0, 0.05) is 13.1 Å². The summed E-state index contributed by atoms with van der Waals surface area (Å²) >= 11 is 0. The van der Waals surface area contributed by atoms with Crippen molar-refractivity contribution in [1.29, 1.82) is 0 Å². The van der Waals surface area contributed by atoms with Crippen molar-refractivity contribution >= 4 is 11.8 Å². The van der Waals surface area contributed by atoms with Gasteiger partial charge in [0.2, 0.25) is 5.91 Å². The SMILES string of the molecule is C#Cc1ccc(C(=O)N2CC(CO)(NC(=O)C34CC(F)(C3)C4)C2)o1. The van der Waals surface area contributed by atoms with Crippen molar-refractivity contribution in [1.82, 2.24) is 10.2 Å². The normalized spacial score (nSPS) is 32.0. The van der Waals surface area contributed by atoms with Crippen molar-refractivity contribution < 1.29 is 23.5 Å². The van der Waals surface area contributed by atoms with Gasteiger partial charge in [-0.1, -0.05) is 0 Å². The number of nitrogens with zero attached hydrogens (tertiary/aromatic N) is 1. The Morgan fingerprint density at radius 1 is 1.38 bits per heavy atom. The second kappa shape index (κ2) is 4.61. The molecular formula is C17H17FN2O4. The Kier molecular flexibility index (Phi) is 2.92. The van der Waals surface area contributed by atoms with Crippen LogP contribution in [-0.4, -0.2) is 52.7 Å². The fraction of sp³-hybridized carbons (Fsp3) is 0.529. The lowest BCUT2D eigenvalue weighted by Crippen LogP contribution is -2.78. The van der Waals surface area contributed by atoms with Gasteiger partial charge in [0.1, 0.15) is 5.67 Å². The minimum Gasteiger partial charge on any atom is -0.443 e. The van der Waals surface area contributed by atoms with E-state index in [9.17, 15) is 19.1 Å². The zero-order valence-corrected chi connectivity index (χ0v) is 13.0. The molecule has 2 heterocycles. The molecule has 2 amide bonds. The van der Waals surface area contributed by atoms with E-state index in [0.717, 1.165) is 0 Å². The first-order chi connectivity index (χ1) is 11.3. The first-order valence-electron chi connectivity index (χ1n) is 7.81. The van der Waals surface area contributed by atoms with Gasteiger partial charge < -0.3 is 19.7 Å². The maximum Gasteiger partial charge on any atom is 0.289 e. The van der Waals surface area contributed by atoms with Crippen LogP contribution in [0.2, 0.25) is 0 Å². The number of hydrogen-bond donors (Lipinski definition) is 2. The van der Waals surface area contributed by atoms with Crippen molar-refractivity contribution in [2.75, 3.05) is 19.7 Å². The molecule has 1 aliphatic heterocycles. The summed E-state index contributed by atoms with van der Waals surface area (Å²) in [4.78, 5) is 26.1. The van der Waals surface area contributed by atoms with Crippen LogP contribution in [0.5, 0.6) is 0 Å². The van der Waals surface area contributed by atoms with E-state index in [4.69, 9.17) is 10.8 Å². The summed E-state index contributed by atoms with van der Waals surface area (Å²) in [5.74, 6) is 2.12. The van der Waals surface area contributed by atoms with E-state index in [1.807, 2.05) is 0 Å². The molecule has 0 spiro atoms. The van der Waals surface area contributed by atoms with Crippen molar-refractivity contribution in [3.63, 3.8) is 0 Å². The molecule has 2 N–H and O–H groups in total. The number of carbonyl (C=O) groups is 2. The van der Waals surface area contributed by atoms with Crippen molar-refractivity contribution in [2.45, 2.75) is 30.5 Å². The number of rotatable bonds is 4. The molecule has 24 heavy (non-hydrogen) atoms. The summed E-state index contributed by atoms with van der Waals surface area (Å²) in [5, 5.41) is 12.5. The van der Waals surface area contributed by atoms with E-state index in [0.29, 0.717) is 0 Å². The number of likely N-dealkylation sites (tertiary alicyclic amines) is 1. The number of aliphatic hydroxyl groups is 1. The van der Waals surface area contributed by atoms with Crippen LogP contribution >= 0.6 is 0 Å². The van der Waals surface area contributed by atoms with Crippen LogP contribution in [0.15, 0.2) is 16.5 Å². The standard InChI is InChI=1S/C17H17FN2O4/c1-2-11-3-4-12(24-11)13(22)20-8-17(9-20,10-21)19-14(23)15-5-16(18,6-15)7-15/h1,3-4,21H,5-10H2,(H,19,23). The van der Waals surface area contributed by atoms with Gasteiger partial charge in [-0.25, -0.2) is 4.39 Å². The first kappa shape index (κ1) is 15.2. The maximum absolute atomic E-state index is 13.6. The average Bonchev–Trinajstić information content (AvgIpc) is 2.94. The monoisotopic (exact) mass is 332 g/mol. The molecule has 2 bridgehead atoms. The molecule has 0 radical (unpaired) electrons. The number of aliphatic hydroxyl groups excluding tert-OH is 1. The van der Waals surface area contributed by atoms with Gasteiger partial charge in [-0.15, -0.1) is 6.42 Å². The molecule has 0 aromatic carbocycles. The fourth-order valence-electron chi connectivity index (χ4n) is 4.01. The lowest BCUT2D eigenvalue weighted by Gasteiger charge is -2.65. The predicted octanol–water partition coefficient (Wildman–Crippen LogP) is 0.456. The molecule has 1 aromatic heterocycles. The largest absolute Gasteiger partial charge is 0.443 e. The van der Waals surface area contributed by atoms with Crippen LogP contribution < -0.4 is 5.32 Å². The minimum atomic E-state index is -1.15. The number of carbonyl (C=O) groups excluding carboxylic acids is 2. The Morgan fingerprint density at radius 3 is 2.54 bits per heavy atom. The Balaban J connectivity index is 1.37. The van der Waals surface area contributed by atoms with Crippen LogP contribution in [0.25, 0.3) is 0 Å². The summed E-state index contributed by atoms with van der Waals surface area (Å²) in [5.41, 5.74) is -2.63. The van der Waals surface area contributed by atoms with Gasteiger partial charge >= 0.3 is 0 Å². The summed E-state index contributed by atoms with van der Waals surface area (Å²) < 4.78 is 18.8. The predicted molar refractivity (Wildman–Crippen MR) is 80.6 cm³/mol. The molecule has 126 valence electrons. The second-order valence-electron chi connectivity index (χ2n) is 7.32. The van der Waals surface area contributed by atoms with Crippen LogP contribution in [0.1, 0.15) is 35.6 Å². The summed E-state index contributed by atoms with van der Waals surface area (Å²) in [7, 11) is 0. The van der Waals surface area contributed by atoms with Crippen molar-refractivity contribution in [3.05, 3.63) is 23.7 Å². The van der Waals surface area contributed by atoms with Gasteiger partial charge in [0.25, 0.3) is 5.91 Å². The topological polar surface area (TPSA) is 82.8 Å².